The average molecular weight is 173 g/mol. The number of nitrogens with one attached hydrogen (secondary N) is 1. The van der Waals surface area contributed by atoms with E-state index in [0.717, 1.165) is 16.5 Å². The molecule has 0 fully saturated rings. The molecule has 2 N–H and O–H groups in total. The Balaban J connectivity index is 2.79. The van der Waals surface area contributed by atoms with Gasteiger partial charge in [0.2, 0.25) is 0 Å². The summed E-state index contributed by atoms with van der Waals surface area (Å²) in [4.78, 5) is 0. The summed E-state index contributed by atoms with van der Waals surface area (Å²) in [5, 5.41) is 14.7. The smallest absolute Gasteiger partial charge is 0.146 e. The van der Waals surface area contributed by atoms with E-state index in [2.05, 4.69) is 5.32 Å². The maximum absolute atomic E-state index is 9.79. The number of fused-ring (bicyclic) bond motifs is 1. The number of hydrogen-bond acceptors (Lipinski definition) is 2. The first-order valence-corrected chi connectivity index (χ1v) is 4.21. The highest BCUT2D eigenvalue weighted by atomic mass is 16.3. The molecule has 0 radical (unpaired) electrons. The van der Waals surface area contributed by atoms with Gasteiger partial charge in [-0.2, -0.15) is 0 Å². The van der Waals surface area contributed by atoms with Gasteiger partial charge in [0.05, 0.1) is 5.69 Å². The molecule has 2 nitrogen and oxygen atoms in total. The summed E-state index contributed by atoms with van der Waals surface area (Å²) in [7, 11) is 1.80. The second kappa shape index (κ2) is 2.98. The number of aromatic hydroxyl groups is 1. The molecule has 2 heteroatoms. The summed E-state index contributed by atoms with van der Waals surface area (Å²) in [6.07, 6.45) is 0. The van der Waals surface area contributed by atoms with Crippen LogP contribution in [0, 0.1) is 0 Å². The van der Waals surface area contributed by atoms with Crippen LogP contribution < -0.4 is 5.32 Å². The van der Waals surface area contributed by atoms with Crippen molar-refractivity contribution in [3.8, 4) is 5.75 Å². The van der Waals surface area contributed by atoms with Crippen LogP contribution in [-0.2, 0) is 0 Å². The number of hydrogen-bond donors (Lipinski definition) is 2. The van der Waals surface area contributed by atoms with Gasteiger partial charge in [-0.05, 0) is 11.5 Å². The van der Waals surface area contributed by atoms with Crippen molar-refractivity contribution in [1.82, 2.24) is 0 Å². The highest BCUT2D eigenvalue weighted by Gasteiger charge is 2.02. The molecule has 13 heavy (non-hydrogen) atoms. The average Bonchev–Trinajstić information content (AvgIpc) is 2.19. The summed E-state index contributed by atoms with van der Waals surface area (Å²) in [6, 6.07) is 11.6. The van der Waals surface area contributed by atoms with Crippen molar-refractivity contribution in [3.63, 3.8) is 0 Å². The summed E-state index contributed by atoms with van der Waals surface area (Å²) >= 11 is 0. The minimum Gasteiger partial charge on any atom is -0.505 e. The second-order valence-corrected chi connectivity index (χ2v) is 2.93. The highest BCUT2D eigenvalue weighted by Crippen LogP contribution is 2.31. The van der Waals surface area contributed by atoms with E-state index in [9.17, 15) is 5.11 Å². The Kier molecular flexibility index (Phi) is 1.81. The fourth-order valence-electron chi connectivity index (χ4n) is 1.46. The number of phenols is 1. The fourth-order valence-corrected chi connectivity index (χ4v) is 1.46. The maximum Gasteiger partial charge on any atom is 0.146 e. The van der Waals surface area contributed by atoms with E-state index >= 15 is 0 Å². The molecular weight excluding hydrogens is 162 g/mol. The Morgan fingerprint density at radius 1 is 1.08 bits per heavy atom. The van der Waals surface area contributed by atoms with Gasteiger partial charge < -0.3 is 10.4 Å². The standard InChI is InChI=1S/C11H11NO/c1-12-10-7-6-8-4-2-3-5-9(8)11(10)13/h2-7,12-13H,1H3. The molecule has 0 spiro atoms. The zero-order valence-corrected chi connectivity index (χ0v) is 7.41. The van der Waals surface area contributed by atoms with Crippen LogP contribution in [0.2, 0.25) is 0 Å². The van der Waals surface area contributed by atoms with Gasteiger partial charge in [-0.3, -0.25) is 0 Å². The van der Waals surface area contributed by atoms with Gasteiger partial charge in [0.15, 0.2) is 0 Å². The summed E-state index contributed by atoms with van der Waals surface area (Å²) in [6.45, 7) is 0. The van der Waals surface area contributed by atoms with Crippen LogP contribution in [-0.4, -0.2) is 12.2 Å². The summed E-state index contributed by atoms with van der Waals surface area (Å²) in [5.41, 5.74) is 0.763. The lowest BCUT2D eigenvalue weighted by atomic mass is 10.1. The molecule has 0 unspecified atom stereocenters. The van der Waals surface area contributed by atoms with Gasteiger partial charge in [0, 0.05) is 12.4 Å². The fraction of sp³-hybridized carbons (Fsp3) is 0.0909. The van der Waals surface area contributed by atoms with E-state index in [0.29, 0.717) is 5.75 Å². The first kappa shape index (κ1) is 7.92. The first-order valence-electron chi connectivity index (χ1n) is 4.21. The summed E-state index contributed by atoms with van der Waals surface area (Å²) < 4.78 is 0. The molecule has 2 aromatic rings. The van der Waals surface area contributed by atoms with Crippen LogP contribution in [0.25, 0.3) is 10.8 Å². The molecule has 0 saturated carbocycles. The molecule has 66 valence electrons. The van der Waals surface area contributed by atoms with Crippen LogP contribution in [0.3, 0.4) is 0 Å². The predicted molar refractivity (Wildman–Crippen MR) is 55.2 cm³/mol. The van der Waals surface area contributed by atoms with E-state index < -0.39 is 0 Å². The van der Waals surface area contributed by atoms with Gasteiger partial charge in [0.1, 0.15) is 5.75 Å². The third-order valence-corrected chi connectivity index (χ3v) is 2.17. The lowest BCUT2D eigenvalue weighted by molar-refractivity contribution is 0.484. The minimum absolute atomic E-state index is 0.320. The minimum atomic E-state index is 0.320. The van der Waals surface area contributed by atoms with Crippen molar-refractivity contribution in [1.29, 1.82) is 0 Å². The first-order chi connectivity index (χ1) is 6.33. The van der Waals surface area contributed by atoms with Gasteiger partial charge in [-0.15, -0.1) is 0 Å². The second-order valence-electron chi connectivity index (χ2n) is 2.93. The molecule has 0 saturated heterocycles. The molecule has 0 aliphatic rings. The molecule has 0 bridgehead atoms. The van der Waals surface area contributed by atoms with Gasteiger partial charge in [0.25, 0.3) is 0 Å². The molecule has 2 rings (SSSR count). The Morgan fingerprint density at radius 2 is 1.85 bits per heavy atom. The molecule has 0 amide bonds. The van der Waals surface area contributed by atoms with Gasteiger partial charge in [-0.25, -0.2) is 0 Å². The zero-order chi connectivity index (χ0) is 9.26. The van der Waals surface area contributed by atoms with Gasteiger partial charge >= 0.3 is 0 Å². The molecule has 0 atom stereocenters. The van der Waals surface area contributed by atoms with Crippen molar-refractivity contribution >= 4 is 16.5 Å². The van der Waals surface area contributed by atoms with Crippen molar-refractivity contribution in [3.05, 3.63) is 36.4 Å². The molecule has 0 aromatic heterocycles. The molecule has 2 aromatic carbocycles. The highest BCUT2D eigenvalue weighted by molar-refractivity contribution is 5.92. The molecule has 0 aliphatic heterocycles. The number of phenolic OH excluding ortho intramolecular Hbond substituents is 1. The van der Waals surface area contributed by atoms with E-state index in [1.54, 1.807) is 7.05 Å². The van der Waals surface area contributed by atoms with E-state index in [1.165, 1.54) is 0 Å². The lowest BCUT2D eigenvalue weighted by Gasteiger charge is -2.06. The Hall–Kier alpha value is -1.70. The SMILES string of the molecule is CNc1ccc2ccccc2c1O. The zero-order valence-electron chi connectivity index (χ0n) is 7.41. The lowest BCUT2D eigenvalue weighted by Crippen LogP contribution is -1.88. The summed E-state index contributed by atoms with van der Waals surface area (Å²) in [5.74, 6) is 0.320. The quantitative estimate of drug-likeness (QED) is 0.649. The molecule has 0 heterocycles. The van der Waals surface area contributed by atoms with Crippen molar-refractivity contribution < 1.29 is 5.11 Å². The topological polar surface area (TPSA) is 32.3 Å². The van der Waals surface area contributed by atoms with Crippen LogP contribution >= 0.6 is 0 Å². The van der Waals surface area contributed by atoms with Crippen LogP contribution in [0.1, 0.15) is 0 Å². The van der Waals surface area contributed by atoms with Crippen LogP contribution in [0.5, 0.6) is 5.75 Å². The largest absolute Gasteiger partial charge is 0.505 e. The molecule has 0 aliphatic carbocycles. The Bertz CT molecular complexity index is 437. The normalized spacial score (nSPS) is 10.2. The third-order valence-electron chi connectivity index (χ3n) is 2.17. The number of anilines is 1. The van der Waals surface area contributed by atoms with Gasteiger partial charge in [-0.1, -0.05) is 30.3 Å². The third kappa shape index (κ3) is 1.20. The van der Waals surface area contributed by atoms with E-state index in [4.69, 9.17) is 0 Å². The van der Waals surface area contributed by atoms with Crippen LogP contribution in [0.4, 0.5) is 5.69 Å². The van der Waals surface area contributed by atoms with Crippen molar-refractivity contribution in [2.45, 2.75) is 0 Å². The molecular formula is C11H11NO. The maximum atomic E-state index is 9.79. The predicted octanol–water partition coefficient (Wildman–Crippen LogP) is 2.59. The monoisotopic (exact) mass is 173 g/mol. The number of benzene rings is 2. The van der Waals surface area contributed by atoms with E-state index in [1.807, 2.05) is 36.4 Å². The Morgan fingerprint density at radius 3 is 2.62 bits per heavy atom. The van der Waals surface area contributed by atoms with Crippen molar-refractivity contribution in [2.24, 2.45) is 0 Å². The van der Waals surface area contributed by atoms with Crippen LogP contribution in [0.15, 0.2) is 36.4 Å². The number of rotatable bonds is 1. The van der Waals surface area contributed by atoms with E-state index in [-0.39, 0.29) is 0 Å². The van der Waals surface area contributed by atoms with Crippen molar-refractivity contribution in [2.75, 3.05) is 12.4 Å². The Labute approximate surface area is 76.8 Å².